The van der Waals surface area contributed by atoms with Crippen molar-refractivity contribution < 1.29 is 14.3 Å². The van der Waals surface area contributed by atoms with Gasteiger partial charge < -0.3 is 20.7 Å². The molecular formula is C11H19N3O3. The summed E-state index contributed by atoms with van der Waals surface area (Å²) in [6.07, 6.45) is 2.01. The van der Waals surface area contributed by atoms with Gasteiger partial charge in [-0.2, -0.15) is 0 Å². The largest absolute Gasteiger partial charge is 0.378 e. The fraction of sp³-hybridized carbons (Fsp3) is 0.818. The lowest BCUT2D eigenvalue weighted by atomic mass is 10.1. The number of hydrogen-bond acceptors (Lipinski definition) is 4. The minimum Gasteiger partial charge on any atom is -0.378 e. The molecule has 0 aromatic rings. The Balaban J connectivity index is 1.74. The molecule has 17 heavy (non-hydrogen) atoms. The highest BCUT2D eigenvalue weighted by Gasteiger charge is 2.25. The highest BCUT2D eigenvalue weighted by atomic mass is 16.5. The van der Waals surface area contributed by atoms with E-state index >= 15 is 0 Å². The maximum Gasteiger partial charge on any atom is 0.242 e. The van der Waals surface area contributed by atoms with Gasteiger partial charge >= 0.3 is 0 Å². The van der Waals surface area contributed by atoms with Crippen molar-refractivity contribution in [3.8, 4) is 0 Å². The van der Waals surface area contributed by atoms with Gasteiger partial charge in [-0.15, -0.1) is 0 Å². The molecule has 0 bridgehead atoms. The molecule has 2 aliphatic rings. The van der Waals surface area contributed by atoms with Crippen LogP contribution in [0.15, 0.2) is 0 Å². The van der Waals surface area contributed by atoms with E-state index in [9.17, 15) is 9.59 Å². The monoisotopic (exact) mass is 241 g/mol. The fourth-order valence-corrected chi connectivity index (χ4v) is 2.14. The first-order valence-electron chi connectivity index (χ1n) is 6.14. The van der Waals surface area contributed by atoms with Crippen molar-refractivity contribution in [2.24, 2.45) is 0 Å². The molecule has 2 heterocycles. The van der Waals surface area contributed by atoms with E-state index in [0.717, 1.165) is 19.4 Å². The van der Waals surface area contributed by atoms with E-state index in [-0.39, 0.29) is 23.9 Å². The molecule has 6 heteroatoms. The lowest BCUT2D eigenvalue weighted by Crippen LogP contribution is -2.52. The molecule has 0 spiro atoms. The standard InChI is InChI=1S/C11H19N3O3/c15-10(6-8-7-17-5-4-12-8)14-9-2-1-3-13-11(9)16/h8-9,12H,1-7H2,(H,13,16)(H,14,15). The van der Waals surface area contributed by atoms with Gasteiger partial charge in [0.15, 0.2) is 0 Å². The Bertz CT molecular complexity index is 290. The van der Waals surface area contributed by atoms with Crippen molar-refractivity contribution in [3.05, 3.63) is 0 Å². The van der Waals surface area contributed by atoms with Crippen LogP contribution in [0.25, 0.3) is 0 Å². The summed E-state index contributed by atoms with van der Waals surface area (Å²) in [7, 11) is 0. The van der Waals surface area contributed by atoms with Crippen LogP contribution in [0.3, 0.4) is 0 Å². The molecule has 2 rings (SSSR count). The Morgan fingerprint density at radius 3 is 3.06 bits per heavy atom. The SMILES string of the molecule is O=C(CC1COCCN1)NC1CCCNC1=O. The second kappa shape index (κ2) is 5.97. The molecule has 6 nitrogen and oxygen atoms in total. The van der Waals surface area contributed by atoms with Crippen LogP contribution in [0.4, 0.5) is 0 Å². The number of piperidine rings is 1. The number of carbonyl (C=O) groups excluding carboxylic acids is 2. The topological polar surface area (TPSA) is 79.5 Å². The summed E-state index contributed by atoms with van der Waals surface area (Å²) in [4.78, 5) is 23.2. The quantitative estimate of drug-likeness (QED) is 0.577. The summed E-state index contributed by atoms with van der Waals surface area (Å²) in [6, 6.07) is -0.295. The lowest BCUT2D eigenvalue weighted by molar-refractivity contribution is -0.130. The first kappa shape index (κ1) is 12.3. The van der Waals surface area contributed by atoms with Gasteiger partial charge in [-0.3, -0.25) is 9.59 Å². The molecule has 2 amide bonds. The average Bonchev–Trinajstić information content (AvgIpc) is 2.33. The van der Waals surface area contributed by atoms with Gasteiger partial charge in [0, 0.05) is 25.6 Å². The second-order valence-corrected chi connectivity index (χ2v) is 4.48. The Hall–Kier alpha value is -1.14. The van der Waals surface area contributed by atoms with Crippen LogP contribution in [0.2, 0.25) is 0 Å². The third-order valence-corrected chi connectivity index (χ3v) is 3.05. The molecule has 3 N–H and O–H groups in total. The van der Waals surface area contributed by atoms with Crippen LogP contribution in [0.1, 0.15) is 19.3 Å². The third kappa shape index (κ3) is 3.67. The number of carbonyl (C=O) groups is 2. The Morgan fingerprint density at radius 2 is 2.35 bits per heavy atom. The van der Waals surface area contributed by atoms with E-state index in [2.05, 4.69) is 16.0 Å². The summed E-state index contributed by atoms with van der Waals surface area (Å²) < 4.78 is 5.27. The molecular weight excluding hydrogens is 222 g/mol. The second-order valence-electron chi connectivity index (χ2n) is 4.48. The van der Waals surface area contributed by atoms with Crippen molar-refractivity contribution in [3.63, 3.8) is 0 Å². The molecule has 2 fully saturated rings. The maximum absolute atomic E-state index is 11.7. The molecule has 0 radical (unpaired) electrons. The molecule has 2 saturated heterocycles. The highest BCUT2D eigenvalue weighted by molar-refractivity contribution is 5.88. The smallest absolute Gasteiger partial charge is 0.242 e. The average molecular weight is 241 g/mol. The number of amides is 2. The zero-order valence-corrected chi connectivity index (χ0v) is 9.83. The molecule has 2 atom stereocenters. The lowest BCUT2D eigenvalue weighted by Gasteiger charge is -2.26. The molecule has 0 aliphatic carbocycles. The van der Waals surface area contributed by atoms with Gasteiger partial charge in [-0.1, -0.05) is 0 Å². The number of hydrogen-bond donors (Lipinski definition) is 3. The van der Waals surface area contributed by atoms with Gasteiger partial charge in [0.25, 0.3) is 0 Å². The van der Waals surface area contributed by atoms with Crippen LogP contribution in [0.5, 0.6) is 0 Å². The fourth-order valence-electron chi connectivity index (χ4n) is 2.14. The van der Waals surface area contributed by atoms with Crippen molar-refractivity contribution in [1.29, 1.82) is 0 Å². The summed E-state index contributed by atoms with van der Waals surface area (Å²) in [5.74, 6) is -0.160. The summed E-state index contributed by atoms with van der Waals surface area (Å²) in [5.41, 5.74) is 0. The van der Waals surface area contributed by atoms with E-state index in [1.165, 1.54) is 0 Å². The van der Waals surface area contributed by atoms with Crippen molar-refractivity contribution in [2.75, 3.05) is 26.3 Å². The van der Waals surface area contributed by atoms with Crippen molar-refractivity contribution in [1.82, 2.24) is 16.0 Å². The van der Waals surface area contributed by atoms with Crippen molar-refractivity contribution >= 4 is 11.8 Å². The predicted octanol–water partition coefficient (Wildman–Crippen LogP) is -1.24. The van der Waals surface area contributed by atoms with Gasteiger partial charge in [0.1, 0.15) is 6.04 Å². The van der Waals surface area contributed by atoms with E-state index in [4.69, 9.17) is 4.74 Å². The van der Waals surface area contributed by atoms with Crippen molar-refractivity contribution in [2.45, 2.75) is 31.3 Å². The Labute approximate surface area is 100 Å². The first-order valence-corrected chi connectivity index (χ1v) is 6.14. The minimum absolute atomic E-state index is 0.0652. The zero-order valence-electron chi connectivity index (χ0n) is 9.83. The van der Waals surface area contributed by atoms with E-state index in [1.54, 1.807) is 0 Å². The summed E-state index contributed by atoms with van der Waals surface area (Å²) >= 11 is 0. The van der Waals surface area contributed by atoms with E-state index in [0.29, 0.717) is 26.2 Å². The third-order valence-electron chi connectivity index (χ3n) is 3.05. The molecule has 0 saturated carbocycles. The maximum atomic E-state index is 11.7. The molecule has 0 aromatic carbocycles. The molecule has 0 aromatic heterocycles. The van der Waals surface area contributed by atoms with Gasteiger partial charge in [0.05, 0.1) is 13.2 Å². The predicted molar refractivity (Wildman–Crippen MR) is 61.4 cm³/mol. The molecule has 96 valence electrons. The minimum atomic E-state index is -0.360. The first-order chi connectivity index (χ1) is 8.25. The van der Waals surface area contributed by atoms with Crippen LogP contribution >= 0.6 is 0 Å². The Kier molecular flexibility index (Phi) is 4.33. The van der Waals surface area contributed by atoms with Crippen LogP contribution < -0.4 is 16.0 Å². The van der Waals surface area contributed by atoms with Crippen LogP contribution in [0, 0.1) is 0 Å². The van der Waals surface area contributed by atoms with E-state index < -0.39 is 0 Å². The molecule has 2 unspecified atom stereocenters. The number of ether oxygens (including phenoxy) is 1. The number of rotatable bonds is 3. The normalized spacial score (nSPS) is 29.5. The van der Waals surface area contributed by atoms with E-state index in [1.807, 2.05) is 0 Å². The highest BCUT2D eigenvalue weighted by Crippen LogP contribution is 2.04. The summed E-state index contributed by atoms with van der Waals surface area (Å²) in [5, 5.41) is 8.73. The summed E-state index contributed by atoms with van der Waals surface area (Å²) in [6.45, 7) is 2.75. The number of nitrogens with one attached hydrogen (secondary N) is 3. The van der Waals surface area contributed by atoms with Crippen LogP contribution in [-0.4, -0.2) is 50.2 Å². The zero-order chi connectivity index (χ0) is 12.1. The number of morpholine rings is 1. The van der Waals surface area contributed by atoms with Gasteiger partial charge in [0.2, 0.25) is 11.8 Å². The van der Waals surface area contributed by atoms with Gasteiger partial charge in [-0.25, -0.2) is 0 Å². The molecule has 2 aliphatic heterocycles. The van der Waals surface area contributed by atoms with Crippen LogP contribution in [-0.2, 0) is 14.3 Å². The van der Waals surface area contributed by atoms with Gasteiger partial charge in [-0.05, 0) is 12.8 Å². The Morgan fingerprint density at radius 1 is 1.47 bits per heavy atom.